The van der Waals surface area contributed by atoms with Crippen molar-refractivity contribution in [2.45, 2.75) is 9.79 Å². The van der Waals surface area contributed by atoms with Gasteiger partial charge in [0.05, 0.1) is 9.79 Å². The van der Waals surface area contributed by atoms with E-state index < -0.39 is 20.0 Å². The molecule has 4 N–H and O–H groups in total. The minimum absolute atomic E-state index is 0. The van der Waals surface area contributed by atoms with E-state index in [0.717, 1.165) is 0 Å². The van der Waals surface area contributed by atoms with Crippen molar-refractivity contribution in [2.75, 3.05) is 11.5 Å². The average molecular weight is 601 g/mol. The van der Waals surface area contributed by atoms with E-state index >= 15 is 0 Å². The molecule has 0 unspecified atom stereocenters. The van der Waals surface area contributed by atoms with Crippen LogP contribution in [0, 0.1) is 0 Å². The van der Waals surface area contributed by atoms with Crippen LogP contribution < -0.4 is 11.5 Å². The molecule has 0 saturated heterocycles. The molecular weight excluding hydrogens is 579 g/mol. The second-order valence-electron chi connectivity index (χ2n) is 6.88. The smallest absolute Gasteiger partial charge is 0.571 e. The third-order valence-corrected chi connectivity index (χ3v) is 7.00. The largest absolute Gasteiger partial charge is 2.00 e. The van der Waals surface area contributed by atoms with Gasteiger partial charge in [-0.2, -0.15) is 0 Å². The maximum absolute atomic E-state index is 11.9. The quantitative estimate of drug-likeness (QED) is 0.226. The van der Waals surface area contributed by atoms with Crippen LogP contribution in [-0.2, 0) is 40.5 Å². The van der Waals surface area contributed by atoms with Crippen LogP contribution in [0.5, 0.6) is 0 Å². The molecule has 0 aliphatic heterocycles. The van der Waals surface area contributed by atoms with E-state index in [1.165, 1.54) is 24.3 Å². The molecule has 0 aliphatic rings. The van der Waals surface area contributed by atoms with Crippen molar-refractivity contribution < 1.29 is 37.3 Å². The molecule has 0 bridgehead atoms. The second-order valence-corrected chi connectivity index (χ2v) is 10.1. The number of benzene rings is 4. The molecule has 0 atom stereocenters. The van der Waals surface area contributed by atoms with Crippen molar-refractivity contribution in [3.05, 3.63) is 119 Å². The molecule has 0 amide bonds. The molecule has 0 saturated carbocycles. The topological polar surface area (TPSA) is 149 Å². The van der Waals surface area contributed by atoms with Crippen LogP contribution in [0.4, 0.5) is 22.7 Å². The Labute approximate surface area is 219 Å². The van der Waals surface area contributed by atoms with Gasteiger partial charge in [0.2, 0.25) is 0 Å². The summed E-state index contributed by atoms with van der Waals surface area (Å²) in [6, 6.07) is 29.3. The van der Waals surface area contributed by atoms with Crippen molar-refractivity contribution in [1.29, 1.82) is 0 Å². The number of hydrogen-bond donors (Lipinski definition) is 2. The summed E-state index contributed by atoms with van der Waals surface area (Å²) in [6.07, 6.45) is 0. The van der Waals surface area contributed by atoms with Gasteiger partial charge in [-0.1, -0.05) is 72.8 Å². The third-order valence-electron chi connectivity index (χ3n) is 4.39. The van der Waals surface area contributed by atoms with Gasteiger partial charge in [-0.15, -0.1) is 11.4 Å². The number of rotatable bonds is 6. The first-order valence-corrected chi connectivity index (χ1v) is 12.8. The molecule has 35 heavy (non-hydrogen) atoms. The summed E-state index contributed by atoms with van der Waals surface area (Å²) in [6.45, 7) is 0. The molecular formula is C24H22N4O4PdS2. The number of nitrogens with two attached hydrogens (primary N) is 2. The summed E-state index contributed by atoms with van der Waals surface area (Å²) < 4.78 is 55.1. The summed E-state index contributed by atoms with van der Waals surface area (Å²) in [5, 5.41) is 0. The summed E-state index contributed by atoms with van der Waals surface area (Å²) in [4.78, 5) is 0.312. The molecule has 8 nitrogen and oxygen atoms in total. The summed E-state index contributed by atoms with van der Waals surface area (Å²) in [5.74, 6) is 0. The Morgan fingerprint density at radius 1 is 0.457 bits per heavy atom. The summed E-state index contributed by atoms with van der Waals surface area (Å²) in [7, 11) is -7.38. The number of nitrogens with zero attached hydrogens (tertiary/aromatic N) is 2. The molecule has 0 radical (unpaired) electrons. The van der Waals surface area contributed by atoms with Crippen LogP contribution in [0.15, 0.2) is 119 Å². The first kappa shape index (κ1) is 27.9. The Hall–Kier alpha value is -3.36. The van der Waals surface area contributed by atoms with E-state index in [1.807, 2.05) is 0 Å². The van der Waals surface area contributed by atoms with E-state index in [-0.39, 0.29) is 41.6 Å². The van der Waals surface area contributed by atoms with Gasteiger partial charge < -0.3 is 20.9 Å². The molecule has 0 aliphatic carbocycles. The Morgan fingerprint density at radius 3 is 1.06 bits per heavy atom. The van der Waals surface area contributed by atoms with Crippen LogP contribution in [0.25, 0.3) is 9.44 Å². The van der Waals surface area contributed by atoms with Crippen molar-refractivity contribution in [3.8, 4) is 0 Å². The standard InChI is InChI=1S/2C12H11N2O2S.Pd/c2*13-11-8-4-5-9-12(11)14-17(15,16)10-6-2-1-3-7-10;/h2*1-9H,13H2;/q2*-1;+2. The number of nitrogen functional groups attached to an aromatic ring is 2. The molecule has 11 heteroatoms. The maximum atomic E-state index is 11.9. The van der Waals surface area contributed by atoms with Gasteiger partial charge in [0, 0.05) is 11.4 Å². The van der Waals surface area contributed by atoms with Gasteiger partial charge in [0.15, 0.2) is 0 Å². The Morgan fingerprint density at radius 2 is 0.743 bits per heavy atom. The molecule has 4 aromatic rings. The van der Waals surface area contributed by atoms with E-state index in [2.05, 4.69) is 9.44 Å². The second kappa shape index (κ2) is 12.4. The van der Waals surface area contributed by atoms with Gasteiger partial charge in [-0.25, -0.2) is 16.8 Å². The maximum Gasteiger partial charge on any atom is 2.00 e. The monoisotopic (exact) mass is 600 g/mol. The Kier molecular flexibility index (Phi) is 9.86. The number of sulfonamides is 2. The number of para-hydroxylation sites is 2. The molecule has 0 fully saturated rings. The fourth-order valence-corrected chi connectivity index (χ4v) is 4.75. The Balaban J connectivity index is 0.000000240. The number of anilines is 2. The minimum Gasteiger partial charge on any atom is -0.571 e. The van der Waals surface area contributed by atoms with Crippen molar-refractivity contribution in [2.24, 2.45) is 0 Å². The van der Waals surface area contributed by atoms with Crippen molar-refractivity contribution in [1.82, 2.24) is 0 Å². The van der Waals surface area contributed by atoms with E-state index in [9.17, 15) is 16.8 Å². The molecule has 4 rings (SSSR count). The van der Waals surface area contributed by atoms with Crippen molar-refractivity contribution in [3.63, 3.8) is 0 Å². The third kappa shape index (κ3) is 7.84. The van der Waals surface area contributed by atoms with Gasteiger partial charge >= 0.3 is 20.4 Å². The molecule has 0 heterocycles. The SMILES string of the molecule is Nc1ccccc1[N-]S(=O)(=O)c1ccccc1.Nc1ccccc1[N-]S(=O)(=O)c1ccccc1.[Pd+2]. The van der Waals surface area contributed by atoms with Gasteiger partial charge in [-0.3, -0.25) is 0 Å². The normalized spacial score (nSPS) is 10.7. The van der Waals surface area contributed by atoms with Crippen LogP contribution in [-0.4, -0.2) is 16.8 Å². The molecule has 184 valence electrons. The molecule has 4 aromatic carbocycles. The summed E-state index contributed by atoms with van der Waals surface area (Å²) >= 11 is 0. The van der Waals surface area contributed by atoms with Gasteiger partial charge in [0.25, 0.3) is 0 Å². The van der Waals surface area contributed by atoms with E-state index in [1.54, 1.807) is 84.9 Å². The van der Waals surface area contributed by atoms with Crippen LogP contribution >= 0.6 is 0 Å². The first-order chi connectivity index (χ1) is 16.2. The fraction of sp³-hybridized carbons (Fsp3) is 0. The minimum atomic E-state index is -3.69. The van der Waals surface area contributed by atoms with Crippen LogP contribution in [0.1, 0.15) is 0 Å². The van der Waals surface area contributed by atoms with Gasteiger partial charge in [-0.05, 0) is 36.4 Å². The summed E-state index contributed by atoms with van der Waals surface area (Å²) in [5.41, 5.74) is 12.5. The molecule has 0 spiro atoms. The zero-order valence-electron chi connectivity index (χ0n) is 18.2. The van der Waals surface area contributed by atoms with Crippen molar-refractivity contribution >= 4 is 42.8 Å². The van der Waals surface area contributed by atoms with E-state index in [0.29, 0.717) is 11.4 Å². The molecule has 0 aromatic heterocycles. The predicted octanol–water partition coefficient (Wildman–Crippen LogP) is 5.32. The average Bonchev–Trinajstić information content (AvgIpc) is 2.83. The fourth-order valence-electron chi connectivity index (χ4n) is 2.69. The predicted molar refractivity (Wildman–Crippen MR) is 135 cm³/mol. The zero-order valence-corrected chi connectivity index (χ0v) is 21.4. The first-order valence-electron chi connectivity index (χ1n) is 9.94. The van der Waals surface area contributed by atoms with Gasteiger partial charge in [0.1, 0.15) is 20.0 Å². The van der Waals surface area contributed by atoms with Crippen LogP contribution in [0.3, 0.4) is 0 Å². The van der Waals surface area contributed by atoms with Crippen LogP contribution in [0.2, 0.25) is 0 Å². The number of hydrogen-bond acceptors (Lipinski definition) is 6. The zero-order chi connectivity index (χ0) is 24.6. The van der Waals surface area contributed by atoms with E-state index in [4.69, 9.17) is 11.5 Å². The Bertz CT molecular complexity index is 1340.